The first kappa shape index (κ1) is 23.1. The van der Waals surface area contributed by atoms with Crippen molar-refractivity contribution in [3.63, 3.8) is 0 Å². The van der Waals surface area contributed by atoms with E-state index in [0.717, 1.165) is 6.54 Å². The Morgan fingerprint density at radius 3 is 2.42 bits per heavy atom. The second kappa shape index (κ2) is 13.4. The molecule has 3 N–H and O–H groups in total. The van der Waals surface area contributed by atoms with Crippen LogP contribution in [0.2, 0.25) is 0 Å². The minimum Gasteiger partial charge on any atom is -0.389 e. The standard InChI is InChI=1S/C18H31N3O2.HI/c1-5-19-18(20-11-17(22)13-23-12-14(2)3)21-15(4)16-9-7-6-8-10-16;/h6-10,14-15,17,22H,5,11-13H2,1-4H3,(H2,19,20,21);1H. The second-order valence-electron chi connectivity index (χ2n) is 6.08. The fraction of sp³-hybridized carbons (Fsp3) is 0.611. The van der Waals surface area contributed by atoms with Gasteiger partial charge in [-0.25, -0.2) is 0 Å². The van der Waals surface area contributed by atoms with Crippen molar-refractivity contribution in [2.75, 3.05) is 26.3 Å². The first-order chi connectivity index (χ1) is 11.0. The van der Waals surface area contributed by atoms with E-state index in [0.29, 0.717) is 31.6 Å². The summed E-state index contributed by atoms with van der Waals surface area (Å²) >= 11 is 0. The van der Waals surface area contributed by atoms with Gasteiger partial charge in [-0.3, -0.25) is 4.99 Å². The van der Waals surface area contributed by atoms with Crippen molar-refractivity contribution < 1.29 is 9.84 Å². The third-order valence-electron chi connectivity index (χ3n) is 3.22. The van der Waals surface area contributed by atoms with E-state index in [1.165, 1.54) is 5.56 Å². The van der Waals surface area contributed by atoms with Gasteiger partial charge >= 0.3 is 0 Å². The zero-order valence-electron chi connectivity index (χ0n) is 15.2. The highest BCUT2D eigenvalue weighted by atomic mass is 127. The van der Waals surface area contributed by atoms with E-state index in [9.17, 15) is 5.11 Å². The fourth-order valence-corrected chi connectivity index (χ4v) is 2.04. The molecular formula is C18H32IN3O2. The van der Waals surface area contributed by atoms with Gasteiger partial charge in [-0.05, 0) is 25.3 Å². The van der Waals surface area contributed by atoms with Gasteiger partial charge in [0.1, 0.15) is 0 Å². The highest BCUT2D eigenvalue weighted by molar-refractivity contribution is 14.0. The van der Waals surface area contributed by atoms with Gasteiger partial charge in [-0.15, -0.1) is 24.0 Å². The molecule has 0 aliphatic rings. The fourth-order valence-electron chi connectivity index (χ4n) is 2.04. The highest BCUT2D eigenvalue weighted by Gasteiger charge is 2.09. The number of aliphatic imine (C=N–C) groups is 1. The molecule has 1 aromatic rings. The number of hydrogen-bond donors (Lipinski definition) is 3. The molecule has 1 rings (SSSR count). The van der Waals surface area contributed by atoms with Crippen LogP contribution in [0.4, 0.5) is 0 Å². The van der Waals surface area contributed by atoms with E-state index in [4.69, 9.17) is 4.74 Å². The summed E-state index contributed by atoms with van der Waals surface area (Å²) in [6.45, 7) is 10.3. The molecular weight excluding hydrogens is 417 g/mol. The Kier molecular flexibility index (Phi) is 13.0. The molecule has 0 heterocycles. The van der Waals surface area contributed by atoms with Crippen molar-refractivity contribution in [1.29, 1.82) is 0 Å². The lowest BCUT2D eigenvalue weighted by atomic mass is 10.1. The molecule has 0 aromatic heterocycles. The molecule has 2 unspecified atom stereocenters. The van der Waals surface area contributed by atoms with E-state index in [2.05, 4.69) is 48.5 Å². The topological polar surface area (TPSA) is 65.9 Å². The molecule has 0 fully saturated rings. The summed E-state index contributed by atoms with van der Waals surface area (Å²) in [4.78, 5) is 4.44. The average molecular weight is 449 g/mol. The predicted octanol–water partition coefficient (Wildman–Crippen LogP) is 2.95. The Morgan fingerprint density at radius 1 is 1.17 bits per heavy atom. The zero-order chi connectivity index (χ0) is 17.1. The summed E-state index contributed by atoms with van der Waals surface area (Å²) in [5, 5.41) is 16.5. The van der Waals surface area contributed by atoms with Crippen LogP contribution in [0.25, 0.3) is 0 Å². The molecule has 6 heteroatoms. The van der Waals surface area contributed by atoms with Gasteiger partial charge in [0.2, 0.25) is 0 Å². The number of guanidine groups is 1. The van der Waals surface area contributed by atoms with Gasteiger partial charge < -0.3 is 20.5 Å². The van der Waals surface area contributed by atoms with Crippen LogP contribution in [-0.4, -0.2) is 43.5 Å². The number of hydrogen-bond acceptors (Lipinski definition) is 3. The third-order valence-corrected chi connectivity index (χ3v) is 3.22. The summed E-state index contributed by atoms with van der Waals surface area (Å²) in [6, 6.07) is 10.3. The lowest BCUT2D eigenvalue weighted by Crippen LogP contribution is -2.39. The molecule has 1 aromatic carbocycles. The molecule has 0 aliphatic carbocycles. The molecule has 0 bridgehead atoms. The smallest absolute Gasteiger partial charge is 0.191 e. The van der Waals surface area contributed by atoms with Crippen molar-refractivity contribution in [3.05, 3.63) is 35.9 Å². The number of nitrogens with zero attached hydrogens (tertiary/aromatic N) is 1. The number of rotatable bonds is 9. The molecule has 0 radical (unpaired) electrons. The Hall–Kier alpha value is -0.860. The Morgan fingerprint density at radius 2 is 1.83 bits per heavy atom. The normalized spacial score (nSPS) is 14.0. The van der Waals surface area contributed by atoms with Gasteiger partial charge in [-0.2, -0.15) is 0 Å². The van der Waals surface area contributed by atoms with Gasteiger partial charge in [0, 0.05) is 13.2 Å². The van der Waals surface area contributed by atoms with Crippen LogP contribution in [-0.2, 0) is 4.74 Å². The van der Waals surface area contributed by atoms with E-state index >= 15 is 0 Å². The van der Waals surface area contributed by atoms with E-state index in [1.54, 1.807) is 0 Å². The quantitative estimate of drug-likeness (QED) is 0.308. The lowest BCUT2D eigenvalue weighted by Gasteiger charge is -2.19. The van der Waals surface area contributed by atoms with Gasteiger partial charge in [-0.1, -0.05) is 44.2 Å². The van der Waals surface area contributed by atoms with Crippen LogP contribution in [0.1, 0.15) is 39.3 Å². The average Bonchev–Trinajstić information content (AvgIpc) is 2.53. The van der Waals surface area contributed by atoms with Crippen molar-refractivity contribution in [2.45, 2.75) is 39.8 Å². The number of ether oxygens (including phenoxy) is 1. The second-order valence-corrected chi connectivity index (χ2v) is 6.08. The van der Waals surface area contributed by atoms with Crippen LogP contribution in [0.3, 0.4) is 0 Å². The Labute approximate surface area is 163 Å². The maximum atomic E-state index is 9.94. The van der Waals surface area contributed by atoms with Crippen LogP contribution >= 0.6 is 24.0 Å². The van der Waals surface area contributed by atoms with Gasteiger partial charge in [0.15, 0.2) is 5.96 Å². The molecule has 0 saturated carbocycles. The lowest BCUT2D eigenvalue weighted by molar-refractivity contribution is 0.0301. The molecule has 0 amide bonds. The molecule has 0 spiro atoms. The molecule has 0 saturated heterocycles. The van der Waals surface area contributed by atoms with Crippen molar-refractivity contribution in [1.82, 2.24) is 10.6 Å². The number of nitrogens with one attached hydrogen (secondary N) is 2. The van der Waals surface area contributed by atoms with Crippen LogP contribution in [0.5, 0.6) is 0 Å². The first-order valence-electron chi connectivity index (χ1n) is 8.38. The monoisotopic (exact) mass is 449 g/mol. The summed E-state index contributed by atoms with van der Waals surface area (Å²) in [6.07, 6.45) is -0.587. The van der Waals surface area contributed by atoms with Crippen molar-refractivity contribution >= 4 is 29.9 Å². The molecule has 2 atom stereocenters. The summed E-state index contributed by atoms with van der Waals surface area (Å²) in [7, 11) is 0. The van der Waals surface area contributed by atoms with Gasteiger partial charge in [0.25, 0.3) is 0 Å². The Bertz CT molecular complexity index is 455. The molecule has 0 aliphatic heterocycles. The Balaban J connectivity index is 0.00000529. The summed E-state index contributed by atoms with van der Waals surface area (Å²) < 4.78 is 5.44. The van der Waals surface area contributed by atoms with Gasteiger partial charge in [0.05, 0.1) is 25.3 Å². The summed E-state index contributed by atoms with van der Waals surface area (Å²) in [5.74, 6) is 1.17. The number of halogens is 1. The van der Waals surface area contributed by atoms with Crippen LogP contribution in [0, 0.1) is 5.92 Å². The van der Waals surface area contributed by atoms with Crippen molar-refractivity contribution in [2.24, 2.45) is 10.9 Å². The SMILES string of the molecule is CCNC(=NCC(O)COCC(C)C)NC(C)c1ccccc1.I. The maximum absolute atomic E-state index is 9.94. The maximum Gasteiger partial charge on any atom is 0.191 e. The minimum atomic E-state index is -0.587. The number of benzene rings is 1. The zero-order valence-corrected chi connectivity index (χ0v) is 17.5. The van der Waals surface area contributed by atoms with Crippen LogP contribution < -0.4 is 10.6 Å². The minimum absolute atomic E-state index is 0. The van der Waals surface area contributed by atoms with E-state index in [1.807, 2.05) is 25.1 Å². The molecule has 138 valence electrons. The highest BCUT2D eigenvalue weighted by Crippen LogP contribution is 2.10. The van der Waals surface area contributed by atoms with E-state index < -0.39 is 6.10 Å². The number of aliphatic hydroxyl groups excluding tert-OH is 1. The molecule has 5 nitrogen and oxygen atoms in total. The third kappa shape index (κ3) is 10.1. The number of aliphatic hydroxyl groups is 1. The molecule has 24 heavy (non-hydrogen) atoms. The largest absolute Gasteiger partial charge is 0.389 e. The van der Waals surface area contributed by atoms with E-state index in [-0.39, 0.29) is 30.0 Å². The summed E-state index contributed by atoms with van der Waals surface area (Å²) in [5.41, 5.74) is 1.19. The first-order valence-corrected chi connectivity index (χ1v) is 8.38. The predicted molar refractivity (Wildman–Crippen MR) is 111 cm³/mol. The van der Waals surface area contributed by atoms with Crippen molar-refractivity contribution in [3.8, 4) is 0 Å². The van der Waals surface area contributed by atoms with Crippen LogP contribution in [0.15, 0.2) is 35.3 Å².